The number of rotatable bonds is 3. The number of pyridine rings is 1. The Hall–Kier alpha value is -2.60. The summed E-state index contributed by atoms with van der Waals surface area (Å²) in [5, 5.41) is 0. The summed E-state index contributed by atoms with van der Waals surface area (Å²) in [6, 6.07) is 10.3. The molecule has 4 rings (SSSR count). The Kier molecular flexibility index (Phi) is 4.98. The van der Waals surface area contributed by atoms with Gasteiger partial charge >= 0.3 is 0 Å². The number of likely N-dealkylation sites (tertiary alicyclic amines) is 1. The molecule has 2 aromatic rings. The van der Waals surface area contributed by atoms with Gasteiger partial charge < -0.3 is 20.3 Å². The number of carbonyl (C=O) groups is 1. The van der Waals surface area contributed by atoms with Gasteiger partial charge in [-0.05, 0) is 63.5 Å². The first-order chi connectivity index (χ1) is 13.5. The van der Waals surface area contributed by atoms with Gasteiger partial charge in [0.2, 0.25) is 0 Å². The smallest absolute Gasteiger partial charge is 0.254 e. The van der Waals surface area contributed by atoms with Crippen molar-refractivity contribution in [1.29, 1.82) is 0 Å². The normalized spacial score (nSPS) is 22.2. The van der Waals surface area contributed by atoms with E-state index in [4.69, 9.17) is 10.5 Å². The molecule has 0 saturated carbocycles. The second kappa shape index (κ2) is 7.43. The van der Waals surface area contributed by atoms with Gasteiger partial charge in [0.25, 0.3) is 5.91 Å². The molecular weight excluding hydrogens is 352 g/mol. The lowest BCUT2D eigenvalue weighted by Crippen LogP contribution is -2.42. The van der Waals surface area contributed by atoms with Gasteiger partial charge in [-0.3, -0.25) is 4.79 Å². The molecule has 2 fully saturated rings. The summed E-state index contributed by atoms with van der Waals surface area (Å²) >= 11 is 0. The average molecular weight is 380 g/mol. The van der Waals surface area contributed by atoms with E-state index in [1.165, 1.54) is 0 Å². The first-order valence-corrected chi connectivity index (χ1v) is 9.90. The molecule has 6 nitrogen and oxygen atoms in total. The zero-order valence-corrected chi connectivity index (χ0v) is 16.8. The lowest BCUT2D eigenvalue weighted by atomic mass is 10.0. The molecule has 1 amide bonds. The fourth-order valence-electron chi connectivity index (χ4n) is 4.56. The van der Waals surface area contributed by atoms with Crippen molar-refractivity contribution in [3.63, 3.8) is 0 Å². The van der Waals surface area contributed by atoms with Crippen molar-refractivity contribution in [2.75, 3.05) is 33.0 Å². The molecule has 2 saturated heterocycles. The molecule has 0 radical (unpaired) electrons. The van der Waals surface area contributed by atoms with Crippen LogP contribution in [-0.2, 0) is 0 Å². The molecular formula is C22H28N4O2. The Labute approximate surface area is 166 Å². The van der Waals surface area contributed by atoms with Gasteiger partial charge in [0.15, 0.2) is 0 Å². The van der Waals surface area contributed by atoms with E-state index in [9.17, 15) is 4.79 Å². The Morgan fingerprint density at radius 1 is 1.18 bits per heavy atom. The number of benzene rings is 1. The van der Waals surface area contributed by atoms with Crippen molar-refractivity contribution in [3.8, 4) is 16.9 Å². The van der Waals surface area contributed by atoms with E-state index in [0.29, 0.717) is 23.7 Å². The maximum atomic E-state index is 13.2. The van der Waals surface area contributed by atoms with Crippen LogP contribution in [0, 0.1) is 6.92 Å². The highest BCUT2D eigenvalue weighted by atomic mass is 16.5. The zero-order chi connectivity index (χ0) is 19.8. The van der Waals surface area contributed by atoms with Gasteiger partial charge in [0, 0.05) is 29.8 Å². The molecule has 2 atom stereocenters. The quantitative estimate of drug-likeness (QED) is 0.886. The summed E-state index contributed by atoms with van der Waals surface area (Å²) in [4.78, 5) is 22.1. The number of ether oxygens (including phenoxy) is 1. The summed E-state index contributed by atoms with van der Waals surface area (Å²) in [6.45, 7) is 3.89. The third-order valence-corrected chi connectivity index (χ3v) is 6.08. The number of hydrogen-bond acceptors (Lipinski definition) is 5. The second-order valence-corrected chi connectivity index (χ2v) is 7.93. The van der Waals surface area contributed by atoms with E-state index in [0.717, 1.165) is 54.7 Å². The number of nitrogen functional groups attached to an aromatic ring is 1. The minimum absolute atomic E-state index is 0.141. The fraction of sp³-hybridized carbons (Fsp3) is 0.455. The fourth-order valence-corrected chi connectivity index (χ4v) is 4.56. The average Bonchev–Trinajstić information content (AvgIpc) is 2.99. The summed E-state index contributed by atoms with van der Waals surface area (Å²) in [5.74, 6) is 1.31. The van der Waals surface area contributed by atoms with Crippen LogP contribution < -0.4 is 10.5 Å². The van der Waals surface area contributed by atoms with Crippen LogP contribution in [0.2, 0.25) is 0 Å². The molecule has 28 heavy (non-hydrogen) atoms. The van der Waals surface area contributed by atoms with Crippen molar-refractivity contribution in [2.45, 2.75) is 38.3 Å². The van der Waals surface area contributed by atoms with Gasteiger partial charge in [-0.2, -0.15) is 0 Å². The van der Waals surface area contributed by atoms with E-state index < -0.39 is 0 Å². The molecule has 1 aromatic heterocycles. The molecule has 0 aliphatic carbocycles. The molecule has 6 heteroatoms. The van der Waals surface area contributed by atoms with Crippen molar-refractivity contribution in [1.82, 2.24) is 14.8 Å². The SMILES string of the molecule is COc1cc(-c2ccc(C(=O)N3[C@@H]4CC[C@H]3CN(C)CC4)cc2)c(N)nc1C. The Morgan fingerprint density at radius 2 is 1.89 bits per heavy atom. The number of fused-ring (bicyclic) bond motifs is 2. The van der Waals surface area contributed by atoms with Crippen molar-refractivity contribution < 1.29 is 9.53 Å². The van der Waals surface area contributed by atoms with Crippen LogP contribution in [0.4, 0.5) is 5.82 Å². The van der Waals surface area contributed by atoms with Crippen LogP contribution in [0.1, 0.15) is 35.3 Å². The number of nitrogens with zero attached hydrogens (tertiary/aromatic N) is 3. The number of hydrogen-bond donors (Lipinski definition) is 1. The monoisotopic (exact) mass is 380 g/mol. The molecule has 0 unspecified atom stereocenters. The maximum Gasteiger partial charge on any atom is 0.254 e. The molecule has 2 aliphatic rings. The predicted molar refractivity (Wildman–Crippen MR) is 110 cm³/mol. The maximum absolute atomic E-state index is 13.2. The third-order valence-electron chi connectivity index (χ3n) is 6.08. The van der Waals surface area contributed by atoms with Gasteiger partial charge in [0.05, 0.1) is 12.8 Å². The van der Waals surface area contributed by atoms with Gasteiger partial charge in [-0.15, -0.1) is 0 Å². The van der Waals surface area contributed by atoms with Gasteiger partial charge in [-0.1, -0.05) is 12.1 Å². The summed E-state index contributed by atoms with van der Waals surface area (Å²) in [7, 11) is 3.77. The highest BCUT2D eigenvalue weighted by Gasteiger charge is 2.39. The van der Waals surface area contributed by atoms with Gasteiger partial charge in [-0.25, -0.2) is 4.98 Å². The molecule has 3 heterocycles. The van der Waals surface area contributed by atoms with Crippen LogP contribution in [0.3, 0.4) is 0 Å². The minimum atomic E-state index is 0.141. The predicted octanol–water partition coefficient (Wildman–Crippen LogP) is 2.96. The Bertz CT molecular complexity index is 881. The number of methoxy groups -OCH3 is 1. The van der Waals surface area contributed by atoms with Crippen molar-refractivity contribution in [2.24, 2.45) is 0 Å². The molecule has 2 aliphatic heterocycles. The van der Waals surface area contributed by atoms with E-state index in [2.05, 4.69) is 21.8 Å². The van der Waals surface area contributed by atoms with Crippen molar-refractivity contribution >= 4 is 11.7 Å². The van der Waals surface area contributed by atoms with Crippen LogP contribution in [0.15, 0.2) is 30.3 Å². The lowest BCUT2D eigenvalue weighted by Gasteiger charge is -2.28. The number of carbonyl (C=O) groups excluding carboxylic acids is 1. The third kappa shape index (κ3) is 3.33. The second-order valence-electron chi connectivity index (χ2n) is 7.93. The molecule has 2 N–H and O–H groups in total. The van der Waals surface area contributed by atoms with E-state index in [1.54, 1.807) is 7.11 Å². The molecule has 0 spiro atoms. The summed E-state index contributed by atoms with van der Waals surface area (Å²) < 4.78 is 5.37. The van der Waals surface area contributed by atoms with E-state index in [-0.39, 0.29) is 5.91 Å². The van der Waals surface area contributed by atoms with Crippen LogP contribution in [0.25, 0.3) is 11.1 Å². The Balaban J connectivity index is 1.59. The number of likely N-dealkylation sites (N-methyl/N-ethyl adjacent to an activating group) is 1. The highest BCUT2D eigenvalue weighted by Crippen LogP contribution is 2.33. The largest absolute Gasteiger partial charge is 0.495 e. The molecule has 2 bridgehead atoms. The summed E-state index contributed by atoms with van der Waals surface area (Å²) in [5.41, 5.74) is 9.36. The molecule has 1 aromatic carbocycles. The highest BCUT2D eigenvalue weighted by molar-refractivity contribution is 5.95. The molecule has 148 valence electrons. The number of aryl methyl sites for hydroxylation is 1. The van der Waals surface area contributed by atoms with Crippen LogP contribution in [-0.4, -0.2) is 60.0 Å². The van der Waals surface area contributed by atoms with Crippen LogP contribution in [0.5, 0.6) is 5.75 Å². The number of anilines is 1. The van der Waals surface area contributed by atoms with Gasteiger partial charge in [0.1, 0.15) is 11.6 Å². The number of aromatic nitrogens is 1. The van der Waals surface area contributed by atoms with E-state index >= 15 is 0 Å². The Morgan fingerprint density at radius 3 is 2.61 bits per heavy atom. The van der Waals surface area contributed by atoms with Crippen LogP contribution >= 0.6 is 0 Å². The number of amides is 1. The topological polar surface area (TPSA) is 71.7 Å². The standard InChI is InChI=1S/C22H28N4O2/c1-14-20(28-3)12-19(21(23)24-14)15-4-6-16(7-5-15)22(27)26-17-8-9-18(26)13-25(2)11-10-17/h4-7,12,17-18H,8-11,13H2,1-3H3,(H2,23,24)/t17-,18+/m1/s1. The van der Waals surface area contributed by atoms with Crippen molar-refractivity contribution in [3.05, 3.63) is 41.6 Å². The lowest BCUT2D eigenvalue weighted by molar-refractivity contribution is 0.0673. The first kappa shape index (κ1) is 18.7. The summed E-state index contributed by atoms with van der Waals surface area (Å²) in [6.07, 6.45) is 3.28. The first-order valence-electron chi connectivity index (χ1n) is 9.90. The minimum Gasteiger partial charge on any atom is -0.495 e. The van der Waals surface area contributed by atoms with E-state index in [1.807, 2.05) is 37.3 Å². The zero-order valence-electron chi connectivity index (χ0n) is 16.8. The number of nitrogens with two attached hydrogens (primary N) is 1.